The Morgan fingerprint density at radius 1 is 0.505 bits per heavy atom. The highest BCUT2D eigenvalue weighted by atomic mass is 16.8. The highest BCUT2D eigenvalue weighted by Crippen LogP contribution is 2.39. The molecule has 0 spiro atoms. The van der Waals surface area contributed by atoms with E-state index in [1.54, 1.807) is 6.08 Å². The molecule has 23 nitrogen and oxygen atoms in total. The minimum Gasteiger partial charge on any atom is -0.477 e. The van der Waals surface area contributed by atoms with Crippen LogP contribution >= 0.6 is 0 Å². The van der Waals surface area contributed by atoms with E-state index in [0.29, 0.717) is 12.8 Å². The van der Waals surface area contributed by atoms with Crippen LogP contribution in [0, 0.1) is 0 Å². The fourth-order valence-electron chi connectivity index (χ4n) is 14.4. The second kappa shape index (κ2) is 59.1. The lowest BCUT2D eigenvalue weighted by Crippen LogP contribution is -2.70. The number of carbonyl (C=O) groups excluding carboxylic acids is 2. The minimum absolute atomic E-state index is 0.199. The summed E-state index contributed by atoms with van der Waals surface area (Å²) in [5.41, 5.74) is 0. The number of aliphatic hydroxyl groups is 11. The first-order chi connectivity index (χ1) is 49.9. The average Bonchev–Trinajstić information content (AvgIpc) is 0.754. The molecule has 14 N–H and O–H groups in total. The molecule has 0 aromatic heterocycles. The Labute approximate surface area is 619 Å². The summed E-state index contributed by atoms with van der Waals surface area (Å²) >= 11 is 0. The zero-order chi connectivity index (χ0) is 75.3. The van der Waals surface area contributed by atoms with Gasteiger partial charge in [0.1, 0.15) is 67.1 Å². The number of nitrogens with one attached hydrogen (secondary N) is 2. The number of aliphatic hydroxyl groups excluding tert-OH is 11. The molecule has 0 saturated carbocycles. The van der Waals surface area contributed by atoms with Crippen molar-refractivity contribution in [1.82, 2.24) is 10.6 Å². The quantitative estimate of drug-likeness (QED) is 0.0199. The van der Waals surface area contributed by atoms with Crippen molar-refractivity contribution in [1.29, 1.82) is 0 Å². The molecular formula is C80H148N2O21. The zero-order valence-corrected chi connectivity index (χ0v) is 63.9. The van der Waals surface area contributed by atoms with Gasteiger partial charge >= 0.3 is 5.97 Å². The lowest BCUT2D eigenvalue weighted by atomic mass is 9.88. The fourth-order valence-corrected chi connectivity index (χ4v) is 14.4. The van der Waals surface area contributed by atoms with Gasteiger partial charge in [-0.15, -0.1) is 0 Å². The molecule has 18 atom stereocenters. The van der Waals surface area contributed by atoms with Crippen LogP contribution in [0.3, 0.4) is 0 Å². The summed E-state index contributed by atoms with van der Waals surface area (Å²) in [5.74, 6) is -6.14. The first kappa shape index (κ1) is 94.4. The van der Waals surface area contributed by atoms with Crippen molar-refractivity contribution in [2.75, 3.05) is 26.4 Å². The summed E-state index contributed by atoms with van der Waals surface area (Å²) in [4.78, 5) is 38.7. The van der Waals surface area contributed by atoms with Crippen molar-refractivity contribution in [2.24, 2.45) is 0 Å². The number of aliphatic carboxylic acids is 1. The number of ether oxygens (including phenoxy) is 6. The van der Waals surface area contributed by atoms with Gasteiger partial charge in [0.05, 0.1) is 50.7 Å². The molecule has 3 fully saturated rings. The number of hydrogen-bond donors (Lipinski definition) is 14. The molecule has 23 heteroatoms. The van der Waals surface area contributed by atoms with Gasteiger partial charge in [0.2, 0.25) is 11.8 Å². The van der Waals surface area contributed by atoms with Gasteiger partial charge in [-0.1, -0.05) is 289 Å². The topological polar surface area (TPSA) is 373 Å². The van der Waals surface area contributed by atoms with Crippen molar-refractivity contribution >= 4 is 17.8 Å². The van der Waals surface area contributed by atoms with Gasteiger partial charge in [0, 0.05) is 19.8 Å². The normalized spacial score (nSPS) is 26.6. The molecule has 604 valence electrons. The number of amides is 2. The molecule has 0 radical (unpaired) electrons. The van der Waals surface area contributed by atoms with E-state index in [2.05, 4.69) is 36.6 Å². The van der Waals surface area contributed by atoms with E-state index in [1.165, 1.54) is 231 Å². The SMILES string of the molecule is CCCCCCCCCCCCCC/C=C\CCCCCCCCCCCC(=O)NC(COC1OC(CO)C(OC2OC(CO)C(O)C(OC3(C(=O)O)CC(O)C(NC(C)=O)C(C(O)C(O)CO)O3)C2O)C(O)C1O)C(O)/C=C/CCCCCCCCCCCCCCCCCCCCCCCC. The van der Waals surface area contributed by atoms with Gasteiger partial charge in [-0.2, -0.15) is 0 Å². The van der Waals surface area contributed by atoms with E-state index >= 15 is 0 Å². The summed E-state index contributed by atoms with van der Waals surface area (Å²) < 4.78 is 34.9. The number of unbranched alkanes of at least 4 members (excludes halogenated alkanes) is 43. The molecule has 103 heavy (non-hydrogen) atoms. The Morgan fingerprint density at radius 3 is 1.32 bits per heavy atom. The number of hydrogen-bond acceptors (Lipinski definition) is 20. The third-order valence-corrected chi connectivity index (χ3v) is 20.9. The predicted molar refractivity (Wildman–Crippen MR) is 398 cm³/mol. The smallest absolute Gasteiger partial charge is 0.364 e. The Hall–Kier alpha value is -2.79. The summed E-state index contributed by atoms with van der Waals surface area (Å²) in [6, 6.07) is -2.62. The molecule has 0 aromatic carbocycles. The zero-order valence-electron chi connectivity index (χ0n) is 63.9. The summed E-state index contributed by atoms with van der Waals surface area (Å²) in [6.07, 6.45) is 36.4. The van der Waals surface area contributed by atoms with Gasteiger partial charge in [-0.3, -0.25) is 9.59 Å². The third-order valence-electron chi connectivity index (χ3n) is 20.9. The van der Waals surface area contributed by atoms with E-state index in [0.717, 1.165) is 58.3 Å². The van der Waals surface area contributed by atoms with Crippen LogP contribution in [0.15, 0.2) is 24.3 Å². The lowest BCUT2D eigenvalue weighted by Gasteiger charge is -2.50. The molecule has 3 aliphatic heterocycles. The number of rotatable bonds is 65. The maximum Gasteiger partial charge on any atom is 0.364 e. The van der Waals surface area contributed by atoms with Crippen LogP contribution in [-0.2, 0) is 42.8 Å². The van der Waals surface area contributed by atoms with E-state index in [4.69, 9.17) is 28.4 Å². The number of allylic oxidation sites excluding steroid dienone is 3. The summed E-state index contributed by atoms with van der Waals surface area (Å²) in [6.45, 7) is 2.19. The van der Waals surface area contributed by atoms with Crippen molar-refractivity contribution in [3.63, 3.8) is 0 Å². The predicted octanol–water partition coefficient (Wildman–Crippen LogP) is 11.1. The molecule has 3 saturated heterocycles. The van der Waals surface area contributed by atoms with Crippen LogP contribution in [0.1, 0.15) is 329 Å². The molecule has 3 heterocycles. The molecule has 2 amide bonds. The highest BCUT2D eigenvalue weighted by molar-refractivity contribution is 5.77. The molecule has 18 unspecified atom stereocenters. The molecule has 0 aliphatic carbocycles. The average molecular weight is 1470 g/mol. The van der Waals surface area contributed by atoms with Crippen molar-refractivity contribution in [3.8, 4) is 0 Å². The largest absolute Gasteiger partial charge is 0.477 e. The van der Waals surface area contributed by atoms with Gasteiger partial charge < -0.3 is 100 Å². The second-order valence-corrected chi connectivity index (χ2v) is 30.0. The first-order valence-electron chi connectivity index (χ1n) is 41.2. The minimum atomic E-state index is -3.08. The Kier molecular flexibility index (Phi) is 54.2. The summed E-state index contributed by atoms with van der Waals surface area (Å²) in [5, 5.41) is 136. The van der Waals surface area contributed by atoms with Crippen LogP contribution in [0.5, 0.6) is 0 Å². The number of carboxylic acids is 1. The van der Waals surface area contributed by atoms with E-state index < -0.39 is 155 Å². The molecule has 0 aromatic rings. The van der Waals surface area contributed by atoms with Gasteiger partial charge in [0.25, 0.3) is 5.79 Å². The van der Waals surface area contributed by atoms with Crippen molar-refractivity contribution < 1.29 is 104 Å². The van der Waals surface area contributed by atoms with E-state index in [-0.39, 0.29) is 12.3 Å². The van der Waals surface area contributed by atoms with Crippen LogP contribution in [0.2, 0.25) is 0 Å². The fraction of sp³-hybridized carbons (Fsp3) is 0.912. The molecule has 0 bridgehead atoms. The van der Waals surface area contributed by atoms with Crippen molar-refractivity contribution in [3.05, 3.63) is 24.3 Å². The lowest BCUT2D eigenvalue weighted by molar-refractivity contribution is -0.386. The van der Waals surface area contributed by atoms with E-state index in [1.807, 2.05) is 6.08 Å². The standard InChI is InChI=1S/C80H148N2O21/c1-4-6-8-10-12-14-16-18-20-22-24-26-28-30-32-34-36-38-40-42-44-46-48-50-52-54-67(90)82-61(62(87)53-51-49-47-45-43-41-39-37-35-33-31-29-27-25-23-21-19-17-15-13-11-9-7-5-2)59-98-77-72(94)71(93)74(66(58-85)100-77)101-78-73(95)76(70(92)65(57-84)99-78)103-80(79(96)97)55-63(88)68(81-60(3)86)75(102-80)69(91)64(89)56-83/h30,32,51,53,61-66,68-78,83-85,87-89,91-95H,4-29,31,33-50,52,54-59H2,1-3H3,(H,81,86)(H,82,90)(H,96,97)/b32-30-,53-51+. The monoisotopic (exact) mass is 1470 g/mol. The van der Waals surface area contributed by atoms with Crippen LogP contribution in [0.4, 0.5) is 0 Å². The van der Waals surface area contributed by atoms with Crippen molar-refractivity contribution in [2.45, 2.75) is 439 Å². The molecule has 3 aliphatic rings. The van der Waals surface area contributed by atoms with Gasteiger partial charge in [0.15, 0.2) is 12.6 Å². The maximum absolute atomic E-state index is 13.5. The third kappa shape index (κ3) is 39.4. The van der Waals surface area contributed by atoms with Gasteiger partial charge in [-0.25, -0.2) is 4.79 Å². The Balaban J connectivity index is 1.52. The number of carboxylic acid groups (broad SMARTS) is 1. The highest BCUT2D eigenvalue weighted by Gasteiger charge is 2.60. The van der Waals surface area contributed by atoms with Crippen LogP contribution in [0.25, 0.3) is 0 Å². The molecular weight excluding hydrogens is 1320 g/mol. The van der Waals surface area contributed by atoms with Gasteiger partial charge in [-0.05, 0) is 44.9 Å². The van der Waals surface area contributed by atoms with Crippen LogP contribution < -0.4 is 10.6 Å². The summed E-state index contributed by atoms with van der Waals surface area (Å²) in [7, 11) is 0. The Morgan fingerprint density at radius 2 is 0.913 bits per heavy atom. The second-order valence-electron chi connectivity index (χ2n) is 30.0. The maximum atomic E-state index is 13.5. The Bertz CT molecular complexity index is 2150. The van der Waals surface area contributed by atoms with E-state index in [9.17, 15) is 75.7 Å². The van der Waals surface area contributed by atoms with Crippen LogP contribution in [-0.4, -0.2) is 215 Å². The number of carbonyl (C=O) groups is 3. The first-order valence-corrected chi connectivity index (χ1v) is 41.2. The molecule has 3 rings (SSSR count).